The summed E-state index contributed by atoms with van der Waals surface area (Å²) in [7, 11) is 0. The zero-order chi connectivity index (χ0) is 15.1. The number of hydrogen-bond donors (Lipinski definition) is 4. The minimum atomic E-state index is -0.884. The molecule has 8 heteroatoms. The lowest BCUT2D eigenvalue weighted by Gasteiger charge is -2.12. The Hall–Kier alpha value is -1.96. The highest BCUT2D eigenvalue weighted by Gasteiger charge is 2.11. The van der Waals surface area contributed by atoms with Gasteiger partial charge < -0.3 is 16.1 Å². The molecule has 5 N–H and O–H groups in total. The van der Waals surface area contributed by atoms with E-state index >= 15 is 0 Å². The molecule has 1 aromatic heterocycles. The van der Waals surface area contributed by atoms with Gasteiger partial charge in [-0.25, -0.2) is 19.6 Å². The first-order chi connectivity index (χ1) is 9.47. The summed E-state index contributed by atoms with van der Waals surface area (Å²) < 4.78 is 26.5. The van der Waals surface area contributed by atoms with Crippen LogP contribution in [0.25, 0.3) is 0 Å². The Labute approximate surface area is 116 Å². The maximum Gasteiger partial charge on any atom is 0.221 e. The largest absolute Gasteiger partial charge is 0.367 e. The number of carbonyl (C=O) groups excluding carboxylic acids is 1. The van der Waals surface area contributed by atoms with E-state index in [1.165, 1.54) is 0 Å². The van der Waals surface area contributed by atoms with Crippen molar-refractivity contribution in [3.63, 3.8) is 0 Å². The first kappa shape index (κ1) is 16.1. The van der Waals surface area contributed by atoms with Crippen LogP contribution in [0.5, 0.6) is 0 Å². The summed E-state index contributed by atoms with van der Waals surface area (Å²) in [6, 6.07) is 0.764. The number of aromatic nitrogens is 1. The molecule has 0 spiro atoms. The molecule has 1 unspecified atom stereocenters. The lowest BCUT2D eigenvalue weighted by Crippen LogP contribution is -2.33. The first-order valence-corrected chi connectivity index (χ1v) is 6.33. The summed E-state index contributed by atoms with van der Waals surface area (Å²) in [4.78, 5) is 15.1. The van der Waals surface area contributed by atoms with Crippen LogP contribution in [-0.4, -0.2) is 23.5 Å². The zero-order valence-electron chi connectivity index (χ0n) is 11.5. The second-order valence-electron chi connectivity index (χ2n) is 4.35. The number of carbonyl (C=O) groups is 1. The third-order valence-corrected chi connectivity index (χ3v) is 2.73. The van der Waals surface area contributed by atoms with Gasteiger partial charge in [0.05, 0.1) is 0 Å². The summed E-state index contributed by atoms with van der Waals surface area (Å²) in [5.74, 6) is 2.75. The average molecular weight is 287 g/mol. The second kappa shape index (κ2) is 7.59. The van der Waals surface area contributed by atoms with Gasteiger partial charge in [0.25, 0.3) is 0 Å². The van der Waals surface area contributed by atoms with Crippen molar-refractivity contribution in [2.75, 3.05) is 17.3 Å². The Morgan fingerprint density at radius 2 is 2.05 bits per heavy atom. The van der Waals surface area contributed by atoms with Crippen LogP contribution < -0.4 is 21.9 Å². The maximum absolute atomic E-state index is 13.4. The number of amides is 1. The van der Waals surface area contributed by atoms with Crippen LogP contribution in [0, 0.1) is 11.6 Å². The molecule has 0 aromatic carbocycles. The van der Waals surface area contributed by atoms with Crippen molar-refractivity contribution in [3.8, 4) is 0 Å². The number of nitrogens with two attached hydrogens (primary N) is 1. The summed E-state index contributed by atoms with van der Waals surface area (Å²) >= 11 is 0. The van der Waals surface area contributed by atoms with Gasteiger partial charge in [-0.15, -0.1) is 0 Å². The molecule has 0 aliphatic rings. The highest BCUT2D eigenvalue weighted by atomic mass is 19.1. The number of halogens is 2. The van der Waals surface area contributed by atoms with E-state index in [-0.39, 0.29) is 36.6 Å². The number of hydrazine groups is 1. The van der Waals surface area contributed by atoms with Gasteiger partial charge in [0, 0.05) is 25.1 Å². The van der Waals surface area contributed by atoms with Crippen LogP contribution in [-0.2, 0) is 4.79 Å². The molecule has 0 aliphatic carbocycles. The molecule has 20 heavy (non-hydrogen) atoms. The van der Waals surface area contributed by atoms with E-state index in [9.17, 15) is 13.6 Å². The van der Waals surface area contributed by atoms with Crippen LogP contribution >= 0.6 is 0 Å². The Balaban J connectivity index is 2.52. The lowest BCUT2D eigenvalue weighted by atomic mass is 10.2. The van der Waals surface area contributed by atoms with E-state index < -0.39 is 11.6 Å². The van der Waals surface area contributed by atoms with Gasteiger partial charge in [-0.05, 0) is 13.3 Å². The molecule has 0 aliphatic heterocycles. The summed E-state index contributed by atoms with van der Waals surface area (Å²) in [5.41, 5.74) is 2.02. The van der Waals surface area contributed by atoms with Crippen molar-refractivity contribution in [3.05, 3.63) is 17.7 Å². The first-order valence-electron chi connectivity index (χ1n) is 6.33. The van der Waals surface area contributed by atoms with E-state index in [1.54, 1.807) is 0 Å². The lowest BCUT2D eigenvalue weighted by molar-refractivity contribution is -0.121. The fourth-order valence-electron chi connectivity index (χ4n) is 1.44. The second-order valence-corrected chi connectivity index (χ2v) is 4.35. The molecule has 0 saturated carbocycles. The van der Waals surface area contributed by atoms with Crippen LogP contribution in [0.1, 0.15) is 26.7 Å². The van der Waals surface area contributed by atoms with Crippen molar-refractivity contribution >= 4 is 17.5 Å². The monoisotopic (exact) mass is 287 g/mol. The fourth-order valence-corrected chi connectivity index (χ4v) is 1.44. The molecule has 1 atom stereocenters. The summed E-state index contributed by atoms with van der Waals surface area (Å²) in [5, 5.41) is 5.40. The topological polar surface area (TPSA) is 92.1 Å². The van der Waals surface area contributed by atoms with Gasteiger partial charge in [0.1, 0.15) is 0 Å². The molecular formula is C12H19F2N5O. The maximum atomic E-state index is 13.4. The van der Waals surface area contributed by atoms with Gasteiger partial charge in [0.2, 0.25) is 5.91 Å². The highest BCUT2D eigenvalue weighted by molar-refractivity contribution is 5.76. The molecule has 0 saturated heterocycles. The predicted octanol–water partition coefficient (Wildman–Crippen LogP) is 1.36. The van der Waals surface area contributed by atoms with E-state index in [0.717, 1.165) is 6.42 Å². The SMILES string of the molecule is CCC(C)NC(=O)CCNc1nc(NN)c(F)cc1F. The number of nitrogen functional groups attached to an aromatic ring is 1. The minimum Gasteiger partial charge on any atom is -0.367 e. The van der Waals surface area contributed by atoms with Crippen molar-refractivity contribution in [2.45, 2.75) is 32.7 Å². The van der Waals surface area contributed by atoms with E-state index in [0.29, 0.717) is 6.07 Å². The van der Waals surface area contributed by atoms with Gasteiger partial charge in [-0.1, -0.05) is 6.92 Å². The third-order valence-electron chi connectivity index (χ3n) is 2.73. The van der Waals surface area contributed by atoms with Crippen LogP contribution in [0.15, 0.2) is 6.07 Å². The quantitative estimate of drug-likeness (QED) is 0.449. The van der Waals surface area contributed by atoms with E-state index in [1.807, 2.05) is 19.3 Å². The molecule has 1 amide bonds. The standard InChI is InChI=1S/C12H19F2N5O/c1-3-7(2)17-10(20)4-5-16-11-8(13)6-9(14)12(18-11)19-15/h6-7H,3-5,15H2,1-2H3,(H,17,20)(H2,16,18,19). The van der Waals surface area contributed by atoms with Crippen LogP contribution in [0.4, 0.5) is 20.4 Å². The Kier molecular flexibility index (Phi) is 6.10. The van der Waals surface area contributed by atoms with Gasteiger partial charge in [0.15, 0.2) is 23.3 Å². The normalized spacial score (nSPS) is 11.8. The molecule has 1 aromatic rings. The molecular weight excluding hydrogens is 268 g/mol. The van der Waals surface area contributed by atoms with E-state index in [4.69, 9.17) is 5.84 Å². The van der Waals surface area contributed by atoms with Crippen LogP contribution in [0.3, 0.4) is 0 Å². The molecule has 0 fully saturated rings. The van der Waals surface area contributed by atoms with Gasteiger partial charge in [-0.2, -0.15) is 0 Å². The minimum absolute atomic E-state index is 0.0937. The zero-order valence-corrected chi connectivity index (χ0v) is 11.5. The van der Waals surface area contributed by atoms with Crippen molar-refractivity contribution in [1.29, 1.82) is 0 Å². The van der Waals surface area contributed by atoms with Crippen LogP contribution in [0.2, 0.25) is 0 Å². The summed E-state index contributed by atoms with van der Waals surface area (Å²) in [6.45, 7) is 4.04. The third kappa shape index (κ3) is 4.61. The summed E-state index contributed by atoms with van der Waals surface area (Å²) in [6.07, 6.45) is 0.993. The molecule has 1 rings (SSSR count). The number of nitrogens with zero attached hydrogens (tertiary/aromatic N) is 1. The Morgan fingerprint density at radius 1 is 1.40 bits per heavy atom. The fraction of sp³-hybridized carbons (Fsp3) is 0.500. The van der Waals surface area contributed by atoms with Crippen molar-refractivity contribution in [2.24, 2.45) is 5.84 Å². The average Bonchev–Trinajstić information content (AvgIpc) is 2.41. The number of anilines is 2. The smallest absolute Gasteiger partial charge is 0.221 e. The Bertz CT molecular complexity index is 469. The van der Waals surface area contributed by atoms with Gasteiger partial charge >= 0.3 is 0 Å². The molecule has 0 bridgehead atoms. The van der Waals surface area contributed by atoms with Crippen molar-refractivity contribution < 1.29 is 13.6 Å². The molecule has 1 heterocycles. The molecule has 6 nitrogen and oxygen atoms in total. The van der Waals surface area contributed by atoms with Crippen molar-refractivity contribution in [1.82, 2.24) is 10.3 Å². The number of rotatable bonds is 7. The van der Waals surface area contributed by atoms with E-state index in [2.05, 4.69) is 15.6 Å². The number of nitrogens with one attached hydrogen (secondary N) is 3. The van der Waals surface area contributed by atoms with Gasteiger partial charge in [-0.3, -0.25) is 4.79 Å². The number of hydrogen-bond acceptors (Lipinski definition) is 5. The predicted molar refractivity (Wildman–Crippen MR) is 73.0 cm³/mol. The molecule has 0 radical (unpaired) electrons. The Morgan fingerprint density at radius 3 is 2.65 bits per heavy atom. The number of pyridine rings is 1. The molecule has 112 valence electrons. The highest BCUT2D eigenvalue weighted by Crippen LogP contribution is 2.17.